The second-order valence-corrected chi connectivity index (χ2v) is 4.11. The maximum atomic E-state index is 10.8. The van der Waals surface area contributed by atoms with Gasteiger partial charge in [-0.05, 0) is 28.1 Å². The molecule has 0 aliphatic rings. The number of amides is 1. The van der Waals surface area contributed by atoms with Crippen LogP contribution in [0.4, 0.5) is 0 Å². The molecule has 1 amide bonds. The van der Waals surface area contributed by atoms with E-state index in [9.17, 15) is 4.79 Å². The van der Waals surface area contributed by atoms with Crippen LogP contribution in [0.5, 0.6) is 11.6 Å². The molecule has 2 rings (SSSR count). The topological polar surface area (TPSA) is 78.1 Å². The van der Waals surface area contributed by atoms with Gasteiger partial charge < -0.3 is 10.5 Å². The fraction of sp³-hybridized carbons (Fsp3) is 0. The first-order chi connectivity index (χ1) is 8.15. The Bertz CT molecular complexity index is 543. The Hall–Kier alpha value is -1.95. The molecule has 5 nitrogen and oxygen atoms in total. The lowest BCUT2D eigenvalue weighted by Crippen LogP contribution is -2.10. The van der Waals surface area contributed by atoms with Crippen LogP contribution in [-0.2, 0) is 0 Å². The summed E-state index contributed by atoms with van der Waals surface area (Å²) in [5.74, 6) is 0.404. The van der Waals surface area contributed by atoms with Crippen molar-refractivity contribution in [3.8, 4) is 11.6 Å². The average Bonchev–Trinajstić information content (AvgIpc) is 2.29. The number of hydrogen-bond donors (Lipinski definition) is 1. The highest BCUT2D eigenvalue weighted by molar-refractivity contribution is 9.10. The Morgan fingerprint density at radius 2 is 2.12 bits per heavy atom. The SMILES string of the molecule is NC(=O)c1ccc(Oc2cncc(Br)c2)nc1. The molecule has 0 aliphatic heterocycles. The van der Waals surface area contributed by atoms with Gasteiger partial charge in [-0.3, -0.25) is 9.78 Å². The fourth-order valence-corrected chi connectivity index (χ4v) is 1.50. The van der Waals surface area contributed by atoms with Crippen molar-refractivity contribution >= 4 is 21.8 Å². The zero-order valence-electron chi connectivity index (χ0n) is 8.63. The number of carbonyl (C=O) groups is 1. The Kier molecular flexibility index (Phi) is 3.34. The van der Waals surface area contributed by atoms with Crippen LogP contribution in [0.1, 0.15) is 10.4 Å². The highest BCUT2D eigenvalue weighted by atomic mass is 79.9. The van der Waals surface area contributed by atoms with Gasteiger partial charge in [-0.15, -0.1) is 0 Å². The minimum absolute atomic E-state index is 0.338. The summed E-state index contributed by atoms with van der Waals surface area (Å²) in [4.78, 5) is 18.8. The fourth-order valence-electron chi connectivity index (χ4n) is 1.16. The van der Waals surface area contributed by atoms with Crippen LogP contribution in [0.25, 0.3) is 0 Å². The van der Waals surface area contributed by atoms with Gasteiger partial charge in [0.25, 0.3) is 0 Å². The summed E-state index contributed by atoms with van der Waals surface area (Å²) >= 11 is 3.28. The molecule has 86 valence electrons. The van der Waals surface area contributed by atoms with Crippen molar-refractivity contribution in [1.82, 2.24) is 9.97 Å². The summed E-state index contributed by atoms with van der Waals surface area (Å²) in [7, 11) is 0. The number of ether oxygens (including phenoxy) is 1. The maximum absolute atomic E-state index is 10.8. The van der Waals surface area contributed by atoms with E-state index in [-0.39, 0.29) is 0 Å². The summed E-state index contributed by atoms with van der Waals surface area (Å²) in [6.07, 6.45) is 4.58. The van der Waals surface area contributed by atoms with E-state index in [1.807, 2.05) is 0 Å². The first kappa shape index (κ1) is 11.5. The summed E-state index contributed by atoms with van der Waals surface area (Å²) in [6, 6.07) is 4.88. The maximum Gasteiger partial charge on any atom is 0.250 e. The molecule has 2 heterocycles. The monoisotopic (exact) mass is 293 g/mol. The minimum atomic E-state index is -0.520. The molecule has 0 aromatic carbocycles. The number of rotatable bonds is 3. The zero-order chi connectivity index (χ0) is 12.3. The lowest BCUT2D eigenvalue weighted by Gasteiger charge is -2.04. The number of nitrogens with two attached hydrogens (primary N) is 1. The number of hydrogen-bond acceptors (Lipinski definition) is 4. The number of primary amides is 1. The molecule has 6 heteroatoms. The number of carbonyl (C=O) groups excluding carboxylic acids is 1. The molecule has 0 bridgehead atoms. The molecule has 0 radical (unpaired) electrons. The first-order valence-corrected chi connectivity index (χ1v) is 5.49. The largest absolute Gasteiger partial charge is 0.437 e. The molecule has 0 aliphatic carbocycles. The second-order valence-electron chi connectivity index (χ2n) is 3.19. The van der Waals surface area contributed by atoms with Crippen molar-refractivity contribution in [3.63, 3.8) is 0 Å². The Balaban J connectivity index is 2.16. The summed E-state index contributed by atoms with van der Waals surface area (Å²) in [5, 5.41) is 0. The van der Waals surface area contributed by atoms with E-state index in [0.717, 1.165) is 4.47 Å². The second kappa shape index (κ2) is 4.92. The van der Waals surface area contributed by atoms with E-state index in [1.165, 1.54) is 6.20 Å². The number of halogens is 1. The van der Waals surface area contributed by atoms with Crippen molar-refractivity contribution < 1.29 is 9.53 Å². The Labute approximate surface area is 106 Å². The predicted octanol–water partition coefficient (Wildman–Crippen LogP) is 2.13. The van der Waals surface area contributed by atoms with Gasteiger partial charge in [0.05, 0.1) is 11.8 Å². The molecule has 0 fully saturated rings. The van der Waals surface area contributed by atoms with E-state index in [2.05, 4.69) is 25.9 Å². The van der Waals surface area contributed by atoms with Gasteiger partial charge in [0.1, 0.15) is 5.75 Å². The zero-order valence-corrected chi connectivity index (χ0v) is 10.2. The molecule has 0 saturated carbocycles. The molecule has 2 N–H and O–H groups in total. The molecule has 0 spiro atoms. The molecule has 17 heavy (non-hydrogen) atoms. The van der Waals surface area contributed by atoms with Crippen molar-refractivity contribution in [1.29, 1.82) is 0 Å². The lowest BCUT2D eigenvalue weighted by molar-refractivity contribution is 0.1000. The quantitative estimate of drug-likeness (QED) is 0.940. The standard InChI is InChI=1S/C11H8BrN3O2/c12-8-3-9(6-14-5-8)17-10-2-1-7(4-15-10)11(13)16/h1-6H,(H2,13,16). The molecule has 0 saturated heterocycles. The molecule has 2 aromatic heterocycles. The summed E-state index contributed by atoms with van der Waals surface area (Å²) in [5.41, 5.74) is 5.44. The van der Waals surface area contributed by atoms with Gasteiger partial charge >= 0.3 is 0 Å². The normalized spacial score (nSPS) is 9.94. The van der Waals surface area contributed by atoms with Gasteiger partial charge in [-0.2, -0.15) is 0 Å². The van der Waals surface area contributed by atoms with Crippen LogP contribution >= 0.6 is 15.9 Å². The van der Waals surface area contributed by atoms with Gasteiger partial charge in [0.2, 0.25) is 11.8 Å². The highest BCUT2D eigenvalue weighted by Gasteiger charge is 2.03. The first-order valence-electron chi connectivity index (χ1n) is 4.69. The third-order valence-corrected chi connectivity index (χ3v) is 2.36. The van der Waals surface area contributed by atoms with Crippen LogP contribution in [0, 0.1) is 0 Å². The van der Waals surface area contributed by atoms with Crippen LogP contribution in [0.3, 0.4) is 0 Å². The third-order valence-electron chi connectivity index (χ3n) is 1.92. The van der Waals surface area contributed by atoms with E-state index in [0.29, 0.717) is 17.2 Å². The van der Waals surface area contributed by atoms with Gasteiger partial charge in [0.15, 0.2) is 0 Å². The molecule has 0 unspecified atom stereocenters. The molecule has 2 aromatic rings. The van der Waals surface area contributed by atoms with Gasteiger partial charge in [-0.25, -0.2) is 4.98 Å². The Morgan fingerprint density at radius 1 is 1.29 bits per heavy atom. The van der Waals surface area contributed by atoms with Crippen LogP contribution < -0.4 is 10.5 Å². The van der Waals surface area contributed by atoms with Crippen molar-refractivity contribution in [2.24, 2.45) is 5.73 Å². The predicted molar refractivity (Wildman–Crippen MR) is 64.8 cm³/mol. The molecular formula is C11H8BrN3O2. The van der Waals surface area contributed by atoms with Gasteiger partial charge in [-0.1, -0.05) is 0 Å². The highest BCUT2D eigenvalue weighted by Crippen LogP contribution is 2.21. The lowest BCUT2D eigenvalue weighted by atomic mass is 10.3. The van der Waals surface area contributed by atoms with Crippen LogP contribution in [0.2, 0.25) is 0 Å². The van der Waals surface area contributed by atoms with Crippen molar-refractivity contribution in [2.45, 2.75) is 0 Å². The van der Waals surface area contributed by atoms with E-state index in [4.69, 9.17) is 10.5 Å². The van der Waals surface area contributed by atoms with Crippen molar-refractivity contribution in [2.75, 3.05) is 0 Å². The van der Waals surface area contributed by atoms with E-state index >= 15 is 0 Å². The minimum Gasteiger partial charge on any atom is -0.437 e. The molecule has 0 atom stereocenters. The third kappa shape index (κ3) is 3.01. The number of pyridine rings is 2. The average molecular weight is 294 g/mol. The summed E-state index contributed by atoms with van der Waals surface area (Å²) < 4.78 is 6.25. The van der Waals surface area contributed by atoms with Crippen LogP contribution in [0.15, 0.2) is 41.3 Å². The smallest absolute Gasteiger partial charge is 0.250 e. The van der Waals surface area contributed by atoms with E-state index in [1.54, 1.807) is 30.6 Å². The van der Waals surface area contributed by atoms with Gasteiger partial charge in [0, 0.05) is 22.9 Å². The van der Waals surface area contributed by atoms with Crippen molar-refractivity contribution in [3.05, 3.63) is 46.8 Å². The molecular weight excluding hydrogens is 286 g/mol. The summed E-state index contributed by atoms with van der Waals surface area (Å²) in [6.45, 7) is 0. The number of aromatic nitrogens is 2. The number of nitrogens with zero attached hydrogens (tertiary/aromatic N) is 2. The van der Waals surface area contributed by atoms with Crippen LogP contribution in [-0.4, -0.2) is 15.9 Å². The van der Waals surface area contributed by atoms with E-state index < -0.39 is 5.91 Å². The Morgan fingerprint density at radius 3 is 2.71 bits per heavy atom.